The Morgan fingerprint density at radius 3 is 2.69 bits per heavy atom. The van der Waals surface area contributed by atoms with E-state index in [-0.39, 0.29) is 0 Å². The molecule has 0 unspecified atom stereocenters. The average Bonchev–Trinajstić information content (AvgIpc) is 3.00. The molecule has 0 bridgehead atoms. The molecule has 0 aliphatic rings. The summed E-state index contributed by atoms with van der Waals surface area (Å²) in [6.07, 6.45) is 1.71. The maximum Gasteiger partial charge on any atom is 0.167 e. The fourth-order valence-corrected chi connectivity index (χ4v) is 2.96. The molecule has 7 nitrogen and oxygen atoms in total. The van der Waals surface area contributed by atoms with Crippen molar-refractivity contribution in [2.45, 2.75) is 0 Å². The normalized spacial score (nSPS) is 11.9. The Kier molecular flexibility index (Phi) is 3.71. The van der Waals surface area contributed by atoms with E-state index in [4.69, 9.17) is 4.98 Å². The molecular weight excluding hydrogens is 326 g/mol. The first-order chi connectivity index (χ1) is 12.5. The average molecular weight is 346 g/mol. The second kappa shape index (κ2) is 5.93. The van der Waals surface area contributed by atoms with Crippen LogP contribution in [0.15, 0.2) is 36.5 Å². The van der Waals surface area contributed by atoms with Crippen molar-refractivity contribution in [3.63, 3.8) is 0 Å². The van der Waals surface area contributed by atoms with E-state index in [9.17, 15) is 5.26 Å². The van der Waals surface area contributed by atoms with Gasteiger partial charge in [-0.1, -0.05) is 12.1 Å². The smallest absolute Gasteiger partial charge is 0.167 e. The first-order valence-corrected chi connectivity index (χ1v) is 8.48. The summed E-state index contributed by atoms with van der Waals surface area (Å²) in [4.78, 5) is 13.9. The maximum absolute atomic E-state index is 9.50. The highest BCUT2D eigenvalue weighted by atomic mass is 15.3. The molecule has 1 N–H and O–H groups in total. The van der Waals surface area contributed by atoms with Crippen molar-refractivity contribution in [1.29, 1.82) is 5.26 Å². The standard InChI is InChI=1S/C19H20N7/c1-26(2,3)9-8-21-17-12-22-15-10-13(11-20)18-23-14-6-4-5-7-16(14)25(18)19(15)24-17/h4-7,10,12H,8-9H2,1-3H3,(H,21,24)/q+1. The summed E-state index contributed by atoms with van der Waals surface area (Å²) in [7, 11) is 6.45. The summed E-state index contributed by atoms with van der Waals surface area (Å²) >= 11 is 0. The van der Waals surface area contributed by atoms with Crippen LogP contribution in [-0.2, 0) is 0 Å². The largest absolute Gasteiger partial charge is 0.363 e. The summed E-state index contributed by atoms with van der Waals surface area (Å²) in [5, 5.41) is 12.8. The minimum Gasteiger partial charge on any atom is -0.363 e. The zero-order valence-electron chi connectivity index (χ0n) is 15.1. The second-order valence-corrected chi connectivity index (χ2v) is 7.33. The molecular formula is C19H20N7+. The molecule has 3 heterocycles. The molecule has 0 spiro atoms. The number of hydrogen-bond donors (Lipinski definition) is 1. The van der Waals surface area contributed by atoms with Gasteiger partial charge in [-0.05, 0) is 18.2 Å². The molecule has 0 aliphatic carbocycles. The Balaban J connectivity index is 1.89. The van der Waals surface area contributed by atoms with Crippen LogP contribution in [0.3, 0.4) is 0 Å². The lowest BCUT2D eigenvalue weighted by Gasteiger charge is -2.23. The van der Waals surface area contributed by atoms with Crippen LogP contribution in [0.25, 0.3) is 27.8 Å². The highest BCUT2D eigenvalue weighted by Crippen LogP contribution is 2.24. The van der Waals surface area contributed by atoms with E-state index in [0.29, 0.717) is 22.4 Å². The van der Waals surface area contributed by atoms with E-state index in [0.717, 1.165) is 34.4 Å². The van der Waals surface area contributed by atoms with Gasteiger partial charge in [0, 0.05) is 0 Å². The van der Waals surface area contributed by atoms with Gasteiger partial charge in [-0.3, -0.25) is 4.40 Å². The van der Waals surface area contributed by atoms with Crippen molar-refractivity contribution in [2.75, 3.05) is 39.5 Å². The summed E-state index contributed by atoms with van der Waals surface area (Å²) < 4.78 is 2.79. The summed E-state index contributed by atoms with van der Waals surface area (Å²) in [5.41, 5.74) is 4.23. The number of anilines is 1. The molecule has 0 saturated carbocycles. The number of likely N-dealkylation sites (N-methyl/N-ethyl adjacent to an activating group) is 1. The zero-order chi connectivity index (χ0) is 18.3. The van der Waals surface area contributed by atoms with E-state index in [2.05, 4.69) is 42.5 Å². The number of aromatic nitrogens is 4. The number of nitrogens with zero attached hydrogens (tertiary/aromatic N) is 6. The van der Waals surface area contributed by atoms with Gasteiger partial charge in [0.1, 0.15) is 17.4 Å². The number of para-hydroxylation sites is 2. The van der Waals surface area contributed by atoms with Crippen molar-refractivity contribution in [2.24, 2.45) is 0 Å². The second-order valence-electron chi connectivity index (χ2n) is 7.33. The molecule has 0 atom stereocenters. The van der Waals surface area contributed by atoms with Crippen LogP contribution >= 0.6 is 0 Å². The highest BCUT2D eigenvalue weighted by molar-refractivity contribution is 5.90. The maximum atomic E-state index is 9.50. The molecule has 7 heteroatoms. The third kappa shape index (κ3) is 2.80. The lowest BCUT2D eigenvalue weighted by molar-refractivity contribution is -0.868. The van der Waals surface area contributed by atoms with Gasteiger partial charge in [0.05, 0.1) is 57.0 Å². The highest BCUT2D eigenvalue weighted by Gasteiger charge is 2.14. The Hall–Kier alpha value is -3.24. The Labute approximate surface area is 151 Å². The predicted molar refractivity (Wildman–Crippen MR) is 102 cm³/mol. The van der Waals surface area contributed by atoms with E-state index < -0.39 is 0 Å². The molecule has 0 radical (unpaired) electrons. The number of nitriles is 1. The van der Waals surface area contributed by atoms with Crippen LogP contribution in [0.1, 0.15) is 5.56 Å². The zero-order valence-corrected chi connectivity index (χ0v) is 15.1. The fraction of sp³-hybridized carbons (Fsp3) is 0.263. The van der Waals surface area contributed by atoms with Gasteiger partial charge >= 0.3 is 0 Å². The van der Waals surface area contributed by atoms with Gasteiger partial charge in [0.25, 0.3) is 0 Å². The number of rotatable bonds is 4. The molecule has 0 aliphatic heterocycles. The van der Waals surface area contributed by atoms with Crippen LogP contribution in [0, 0.1) is 11.3 Å². The molecule has 0 amide bonds. The molecule has 0 saturated heterocycles. The summed E-state index contributed by atoms with van der Waals surface area (Å²) in [5.74, 6) is 0.717. The van der Waals surface area contributed by atoms with Crippen LogP contribution in [0.5, 0.6) is 0 Å². The Morgan fingerprint density at radius 1 is 1.12 bits per heavy atom. The first kappa shape index (κ1) is 16.2. The van der Waals surface area contributed by atoms with Crippen molar-refractivity contribution < 1.29 is 4.48 Å². The van der Waals surface area contributed by atoms with Crippen molar-refractivity contribution in [3.8, 4) is 6.07 Å². The molecule has 130 valence electrons. The topological polar surface area (TPSA) is 78.9 Å². The summed E-state index contributed by atoms with van der Waals surface area (Å²) in [6.45, 7) is 1.77. The van der Waals surface area contributed by atoms with Gasteiger partial charge in [0.15, 0.2) is 11.3 Å². The van der Waals surface area contributed by atoms with Crippen LogP contribution in [-0.4, -0.2) is 58.1 Å². The number of fused-ring (bicyclic) bond motifs is 5. The lowest BCUT2D eigenvalue weighted by Crippen LogP contribution is -2.38. The molecule has 3 aromatic heterocycles. The van der Waals surface area contributed by atoms with Gasteiger partial charge in [-0.15, -0.1) is 0 Å². The van der Waals surface area contributed by atoms with Gasteiger partial charge < -0.3 is 9.80 Å². The molecule has 4 aromatic rings. The molecule has 0 fully saturated rings. The van der Waals surface area contributed by atoms with Gasteiger partial charge in [0.2, 0.25) is 0 Å². The number of quaternary nitrogens is 1. The number of nitrogens with one attached hydrogen (secondary N) is 1. The van der Waals surface area contributed by atoms with E-state index >= 15 is 0 Å². The van der Waals surface area contributed by atoms with E-state index in [1.807, 2.05) is 28.7 Å². The van der Waals surface area contributed by atoms with E-state index in [1.165, 1.54) is 0 Å². The number of pyridine rings is 1. The number of hydrogen-bond acceptors (Lipinski definition) is 5. The summed E-state index contributed by atoms with van der Waals surface area (Å²) in [6, 6.07) is 11.8. The minimum atomic E-state index is 0.494. The minimum absolute atomic E-state index is 0.494. The quantitative estimate of drug-likeness (QED) is 0.574. The fourth-order valence-electron chi connectivity index (χ4n) is 2.96. The monoisotopic (exact) mass is 346 g/mol. The van der Waals surface area contributed by atoms with Gasteiger partial charge in [-0.2, -0.15) is 5.26 Å². The SMILES string of the molecule is C[N+](C)(C)CCNc1cnc2cc(C#N)c3nc4ccccc4n3c2n1. The van der Waals surface area contributed by atoms with Crippen molar-refractivity contribution in [1.82, 2.24) is 19.4 Å². The van der Waals surface area contributed by atoms with Crippen LogP contribution in [0.4, 0.5) is 5.82 Å². The number of benzene rings is 1. The third-order valence-electron chi connectivity index (χ3n) is 4.29. The van der Waals surface area contributed by atoms with Crippen molar-refractivity contribution >= 4 is 33.7 Å². The van der Waals surface area contributed by atoms with Crippen LogP contribution < -0.4 is 5.32 Å². The predicted octanol–water partition coefficient (Wildman–Crippen LogP) is 2.42. The van der Waals surface area contributed by atoms with Crippen molar-refractivity contribution in [3.05, 3.63) is 42.1 Å². The number of imidazole rings is 1. The molecule has 1 aromatic carbocycles. The molecule has 4 rings (SSSR count). The molecule has 26 heavy (non-hydrogen) atoms. The lowest BCUT2D eigenvalue weighted by atomic mass is 10.2. The first-order valence-electron chi connectivity index (χ1n) is 8.48. The Morgan fingerprint density at radius 2 is 1.92 bits per heavy atom. The van der Waals surface area contributed by atoms with E-state index in [1.54, 1.807) is 12.3 Å². The Bertz CT molecular complexity index is 1160. The van der Waals surface area contributed by atoms with Crippen LogP contribution in [0.2, 0.25) is 0 Å². The van der Waals surface area contributed by atoms with Gasteiger partial charge in [-0.25, -0.2) is 15.0 Å². The third-order valence-corrected chi connectivity index (χ3v) is 4.29.